The van der Waals surface area contributed by atoms with Crippen LogP contribution in [0.3, 0.4) is 0 Å². The molecule has 832 valence electrons. The van der Waals surface area contributed by atoms with E-state index in [0.717, 1.165) is 11.3 Å². The molecule has 4 saturated heterocycles. The molecule has 45 heteroatoms. The number of carbonyl (C=O) groups excluding carboxylic acids is 19. The van der Waals surface area contributed by atoms with Crippen molar-refractivity contribution in [1.82, 2.24) is 74.0 Å². The van der Waals surface area contributed by atoms with Crippen molar-refractivity contribution >= 4 is 118 Å². The van der Waals surface area contributed by atoms with Gasteiger partial charge in [0, 0.05) is 200 Å². The van der Waals surface area contributed by atoms with Crippen molar-refractivity contribution in [3.8, 4) is 0 Å². The summed E-state index contributed by atoms with van der Waals surface area (Å²) in [4.78, 5) is 248. The predicted octanol–water partition coefficient (Wildman–Crippen LogP) is 4.74. The van der Waals surface area contributed by atoms with Crippen molar-refractivity contribution < 1.29 is 143 Å². The summed E-state index contributed by atoms with van der Waals surface area (Å²) in [5.74, 6) is -9.76. The first-order chi connectivity index (χ1) is 70.6. The molecule has 0 aliphatic carbocycles. The Morgan fingerprint density at radius 1 is 0.331 bits per heavy atom. The zero-order valence-corrected chi connectivity index (χ0v) is 89.2. The smallest absolute Gasteiger partial charge is 0.303 e. The molecule has 14 N–H and O–H groups in total. The molecule has 6 rings (SSSR count). The lowest BCUT2D eigenvalue weighted by molar-refractivity contribution is -0.256. The van der Waals surface area contributed by atoms with Gasteiger partial charge in [0.05, 0.1) is 55.1 Å². The van der Waals surface area contributed by atoms with E-state index in [9.17, 15) is 91.1 Å². The van der Waals surface area contributed by atoms with E-state index >= 15 is 0 Å². The number of anilines is 1. The molecule has 16 amide bonds. The maximum atomic E-state index is 14.3. The molecule has 20 unspecified atom stereocenters. The zero-order valence-electron chi connectivity index (χ0n) is 89.2. The van der Waals surface area contributed by atoms with Gasteiger partial charge in [-0.1, -0.05) is 68.7 Å². The molecule has 5 heterocycles. The van der Waals surface area contributed by atoms with Gasteiger partial charge in [-0.05, 0) is 158 Å². The normalized spacial score (nSPS) is 24.4. The van der Waals surface area contributed by atoms with Crippen molar-refractivity contribution in [2.24, 2.45) is 29.6 Å². The number of rotatable bonds is 66. The van der Waals surface area contributed by atoms with E-state index in [0.29, 0.717) is 116 Å². The number of carbonyl (C=O) groups is 19. The van der Waals surface area contributed by atoms with Gasteiger partial charge in [-0.25, -0.2) is 0 Å². The van der Waals surface area contributed by atoms with Crippen molar-refractivity contribution in [2.75, 3.05) is 84.1 Å². The standard InChI is InChI=1S/C103H165N15O30/c1-17-77-60(5)61(6)89(111-65(10)119)100(145-77)138-54-34-27-41-84(129)116-75(36-23-29-45-104-81(126)39-25-32-52-139-101-90(112-66(11)120)62(7)93(142-69(14)123)78(18-2)146-101)98(136)108-49-47-106-96(134)72-56-73(58-74(57-72)115-86(131)59-110-83(128)38-22-21-31-51-118-87(132)43-44-88(118)133)97(135)107-48-50-109-99(137)76(117-85(130)42-28-35-55-141-103-92(114-68(13)122)64(9)95(144-71(16)125)80(20-4)148-103)37-24-30-46-105-82(127)40-26-33-53-140-102-91(113-67(12)121)63(8)94(143-70(15)124)79(19-3)147-102/h43-44,56-58,60-64,75-80,89-95,100-103H,17-42,45-55,59H2,1-16H3,(H,104,126)(H,105,127)(H,106,134)(H,107,135)(H,108,136)(H,109,137)(H,110,128)(H,111,119)(H,112,120)(H,113,121)(H,114,122)(H,115,131)(H,116,129)(H,117,130)/t60?,61?,62?,63?,64?,75-,76-,77?,78?,79?,80?,89?,90?,91?,92?,93?,94?,95?,100?,101?,102?,103?/m0/s1. The highest BCUT2D eigenvalue weighted by atomic mass is 16.7. The number of hydrogen-bond donors (Lipinski definition) is 14. The summed E-state index contributed by atoms with van der Waals surface area (Å²) in [6.45, 7) is 26.8. The van der Waals surface area contributed by atoms with E-state index in [1.165, 1.54) is 78.8 Å². The molecule has 1 aromatic carbocycles. The van der Waals surface area contributed by atoms with Gasteiger partial charge >= 0.3 is 17.9 Å². The molecule has 0 radical (unpaired) electrons. The third-order valence-electron chi connectivity index (χ3n) is 26.6. The van der Waals surface area contributed by atoms with Crippen molar-refractivity contribution in [3.63, 3.8) is 0 Å². The molecule has 0 aromatic heterocycles. The number of nitrogens with zero attached hydrogens (tertiary/aromatic N) is 1. The first-order valence-electron chi connectivity index (χ1n) is 52.7. The highest BCUT2D eigenvalue weighted by molar-refractivity contribution is 6.13. The van der Waals surface area contributed by atoms with Crippen molar-refractivity contribution in [3.05, 3.63) is 41.5 Å². The van der Waals surface area contributed by atoms with Crippen molar-refractivity contribution in [1.29, 1.82) is 0 Å². The van der Waals surface area contributed by atoms with Crippen LogP contribution in [0.5, 0.6) is 0 Å². The molecule has 45 nitrogen and oxygen atoms in total. The van der Waals surface area contributed by atoms with Gasteiger partial charge in [-0.15, -0.1) is 0 Å². The summed E-state index contributed by atoms with van der Waals surface area (Å²) in [6.07, 6.45) is 4.43. The number of imide groups is 1. The summed E-state index contributed by atoms with van der Waals surface area (Å²) in [5, 5.41) is 39.2. The minimum Gasteiger partial charge on any atom is -0.459 e. The van der Waals surface area contributed by atoms with Gasteiger partial charge < -0.3 is 127 Å². The minimum atomic E-state index is -1.11. The van der Waals surface area contributed by atoms with Crippen LogP contribution in [0.15, 0.2) is 30.4 Å². The Bertz CT molecular complexity index is 4500. The molecule has 148 heavy (non-hydrogen) atoms. The number of amides is 16. The Balaban J connectivity index is 1.10. The summed E-state index contributed by atoms with van der Waals surface area (Å²) in [6, 6.07) is -0.708. The van der Waals surface area contributed by atoms with Crippen LogP contribution in [-0.2, 0) is 134 Å². The number of benzene rings is 1. The fourth-order valence-electron chi connectivity index (χ4n) is 18.5. The first-order valence-corrected chi connectivity index (χ1v) is 52.7. The lowest BCUT2D eigenvalue weighted by Gasteiger charge is -2.44. The number of nitrogens with one attached hydrogen (secondary N) is 14. The minimum absolute atomic E-state index is 0.00193. The molecule has 0 spiro atoms. The third kappa shape index (κ3) is 44.5. The molecule has 22 atom stereocenters. The van der Waals surface area contributed by atoms with E-state index < -0.39 is 187 Å². The monoisotopic (exact) mass is 2090 g/mol. The second-order valence-corrected chi connectivity index (χ2v) is 38.7. The molecular formula is C103H165N15O30. The highest BCUT2D eigenvalue weighted by Crippen LogP contribution is 2.37. The van der Waals surface area contributed by atoms with E-state index in [-0.39, 0.29) is 199 Å². The Hall–Kier alpha value is -11.2. The fraction of sp³-hybridized carbons (Fsp3) is 0.738. The maximum absolute atomic E-state index is 14.3. The van der Waals surface area contributed by atoms with Crippen molar-refractivity contribution in [2.45, 2.75) is 382 Å². The number of hydrogen-bond acceptors (Lipinski definition) is 30. The van der Waals surface area contributed by atoms with E-state index in [1.54, 1.807) is 0 Å². The predicted molar refractivity (Wildman–Crippen MR) is 539 cm³/mol. The van der Waals surface area contributed by atoms with Crippen LogP contribution in [0.2, 0.25) is 0 Å². The van der Waals surface area contributed by atoms with Crippen LogP contribution in [0.4, 0.5) is 5.69 Å². The molecule has 5 aliphatic heterocycles. The summed E-state index contributed by atoms with van der Waals surface area (Å²) in [5.41, 5.74) is -0.356. The highest BCUT2D eigenvalue weighted by Gasteiger charge is 2.50. The average Bonchev–Trinajstić information content (AvgIpc) is 0.894. The molecule has 4 fully saturated rings. The summed E-state index contributed by atoms with van der Waals surface area (Å²) in [7, 11) is 0. The lowest BCUT2D eigenvalue weighted by atomic mass is 9.81. The summed E-state index contributed by atoms with van der Waals surface area (Å²) < 4.78 is 66.3. The maximum Gasteiger partial charge on any atom is 0.303 e. The van der Waals surface area contributed by atoms with Gasteiger partial charge in [0.2, 0.25) is 70.9 Å². The Morgan fingerprint density at radius 2 is 0.649 bits per heavy atom. The van der Waals surface area contributed by atoms with Gasteiger partial charge in [0.1, 0.15) is 30.4 Å². The molecular weight excluding hydrogens is 1930 g/mol. The topological polar surface area (TPSA) is 598 Å². The first kappa shape index (κ1) is 125. The second kappa shape index (κ2) is 67.1. The average molecular weight is 2090 g/mol. The molecule has 0 bridgehead atoms. The van der Waals surface area contributed by atoms with Gasteiger partial charge in [0.15, 0.2) is 25.2 Å². The van der Waals surface area contributed by atoms with E-state index in [1.807, 2.05) is 55.4 Å². The quantitative estimate of drug-likeness (QED) is 0.0181. The third-order valence-corrected chi connectivity index (χ3v) is 26.6. The van der Waals surface area contributed by atoms with Gasteiger partial charge in [-0.3, -0.25) is 96.0 Å². The van der Waals surface area contributed by atoms with Crippen LogP contribution in [-0.4, -0.2) is 300 Å². The van der Waals surface area contributed by atoms with Gasteiger partial charge in [0.25, 0.3) is 23.6 Å². The van der Waals surface area contributed by atoms with Crippen LogP contribution in [0.1, 0.15) is 298 Å². The van der Waals surface area contributed by atoms with E-state index in [4.69, 9.17) is 52.1 Å². The fourth-order valence-corrected chi connectivity index (χ4v) is 18.5. The second-order valence-electron chi connectivity index (χ2n) is 38.7. The van der Waals surface area contributed by atoms with E-state index in [2.05, 4.69) is 81.4 Å². The van der Waals surface area contributed by atoms with Gasteiger partial charge in [-0.2, -0.15) is 0 Å². The largest absolute Gasteiger partial charge is 0.459 e. The van der Waals surface area contributed by atoms with Crippen LogP contribution >= 0.6 is 0 Å². The Morgan fingerprint density at radius 3 is 0.986 bits per heavy atom. The number of ether oxygens (including phenoxy) is 11. The summed E-state index contributed by atoms with van der Waals surface area (Å²) >= 11 is 0. The molecule has 5 aliphatic rings. The van der Waals surface area contributed by atoms with Crippen LogP contribution in [0, 0.1) is 29.6 Å². The number of esters is 3. The molecule has 0 saturated carbocycles. The lowest BCUT2D eigenvalue weighted by Crippen LogP contribution is -2.61. The zero-order chi connectivity index (χ0) is 109. The molecule has 1 aromatic rings. The Labute approximate surface area is 868 Å². The van der Waals surface area contributed by atoms with Crippen LogP contribution in [0.25, 0.3) is 0 Å². The SMILES string of the molecule is CCC1OC(OCCCCC(=O)N[C@@H](CCCCNC(=O)CCCCOC2OC(CC)C(OC(C)=O)C(C)C2NC(C)=O)C(=O)NCCNC(=O)c2cc(NC(=O)CNC(=O)CCCCCN3C(=O)C=CC3=O)cc(C(=O)NCCNC(=O)[C@H](CCCCNC(=O)CCCCOC3OC(CC)C(OC(C)=O)C(C)C3NC(C)=O)NC(=O)CCCCOC3OC(CC)C(OC(C)=O)C(C)C3NC(C)=O)c2)C(NC(C)=O)C(C)C1C. The Kier molecular flexibility index (Phi) is 56.8. The number of unbranched alkanes of at least 4 members (excludes halogenated alkanes) is 8. The van der Waals surface area contributed by atoms with Crippen LogP contribution < -0.4 is 74.4 Å².